The summed E-state index contributed by atoms with van der Waals surface area (Å²) in [6.07, 6.45) is 7.81. The molecule has 8 rings (SSSR count). The van der Waals surface area contributed by atoms with E-state index >= 15 is 0 Å². The minimum atomic E-state index is -0.618. The molecule has 1 atom stereocenters. The van der Waals surface area contributed by atoms with E-state index in [9.17, 15) is 0 Å². The van der Waals surface area contributed by atoms with Gasteiger partial charge in [-0.25, -0.2) is 4.99 Å². The van der Waals surface area contributed by atoms with Crippen molar-refractivity contribution >= 4 is 6.08 Å². The molecule has 0 fully saturated rings. The van der Waals surface area contributed by atoms with Crippen molar-refractivity contribution in [3.63, 3.8) is 0 Å². The second-order valence-corrected chi connectivity index (χ2v) is 11.9. The number of ether oxygens (including phenoxy) is 1. The minimum absolute atomic E-state index is 0.446. The van der Waals surface area contributed by atoms with Crippen LogP contribution in [-0.2, 0) is 5.41 Å². The highest BCUT2D eigenvalue weighted by molar-refractivity contribution is 5.83. The third-order valence-corrected chi connectivity index (χ3v) is 9.18. The van der Waals surface area contributed by atoms with Crippen LogP contribution in [0.15, 0.2) is 162 Å². The van der Waals surface area contributed by atoms with Crippen LogP contribution in [0.1, 0.15) is 34.0 Å². The first-order chi connectivity index (χ1) is 23.2. The molecule has 2 aliphatic rings. The van der Waals surface area contributed by atoms with E-state index in [2.05, 4.69) is 89.9 Å². The van der Waals surface area contributed by atoms with Crippen molar-refractivity contribution in [1.82, 2.24) is 4.98 Å². The summed E-state index contributed by atoms with van der Waals surface area (Å²) in [5.74, 6) is 1.68. The molecule has 1 spiro atoms. The van der Waals surface area contributed by atoms with Gasteiger partial charge < -0.3 is 21.2 Å². The van der Waals surface area contributed by atoms with Crippen LogP contribution < -0.4 is 21.7 Å². The fourth-order valence-corrected chi connectivity index (χ4v) is 7.05. The van der Waals surface area contributed by atoms with Gasteiger partial charge in [-0.3, -0.25) is 0 Å². The molecule has 5 aromatic carbocycles. The normalized spacial score (nSPS) is 15.1. The average molecular weight is 611 g/mol. The second-order valence-electron chi connectivity index (χ2n) is 11.9. The fraction of sp³-hybridized carbons (Fsp3) is 0.0714. The van der Waals surface area contributed by atoms with Crippen LogP contribution >= 0.6 is 0 Å². The lowest BCUT2D eigenvalue weighted by Crippen LogP contribution is -2.33. The predicted molar refractivity (Wildman–Crippen MR) is 190 cm³/mol. The number of hydrogen-bond acceptors (Lipinski definition) is 4. The quantitative estimate of drug-likeness (QED) is 0.177. The number of rotatable bonds is 6. The molecule has 6 aromatic rings. The molecule has 1 unspecified atom stereocenters. The van der Waals surface area contributed by atoms with Crippen molar-refractivity contribution in [2.24, 2.45) is 16.5 Å². The molecule has 47 heavy (non-hydrogen) atoms. The number of nitrogens with two attached hydrogens (primary N) is 2. The van der Waals surface area contributed by atoms with E-state index in [1.165, 1.54) is 0 Å². The van der Waals surface area contributed by atoms with Crippen LogP contribution in [0.25, 0.3) is 28.3 Å². The van der Waals surface area contributed by atoms with E-state index in [0.29, 0.717) is 6.54 Å². The lowest BCUT2D eigenvalue weighted by atomic mass is 9.65. The number of allylic oxidation sites excluding steroid dienone is 2. The number of para-hydroxylation sites is 2. The van der Waals surface area contributed by atoms with Gasteiger partial charge in [0, 0.05) is 29.4 Å². The Labute approximate surface area is 274 Å². The first-order valence-corrected chi connectivity index (χ1v) is 15.9. The first kappa shape index (κ1) is 28.7. The Balaban J connectivity index is 1.29. The van der Waals surface area contributed by atoms with Gasteiger partial charge in [-0.1, -0.05) is 127 Å². The topological polar surface area (TPSA) is 89.4 Å². The number of nitrogens with zero attached hydrogens (tertiary/aromatic N) is 1. The van der Waals surface area contributed by atoms with Gasteiger partial charge >= 0.3 is 0 Å². The van der Waals surface area contributed by atoms with Gasteiger partial charge in [0.1, 0.15) is 23.2 Å². The maximum atomic E-state index is 6.98. The molecule has 5 heteroatoms. The SMILES string of the molecule is NC/C=C\C1=Cc2ccc(C(N)/N=c3\[nH]cc(-c4ccccc4)cc3-c3ccccc3)cc2C12c1ccccc1Oc1ccccc12. The zero-order valence-electron chi connectivity index (χ0n) is 25.8. The standard InChI is InChI=1S/C42H34N4O/c43-23-11-16-33-24-30-21-22-31(26-37(30)42(33)35-17-7-9-19-38(35)47-39-20-10-8-18-36(39)42)40(44)46-41-34(29-14-5-2-6-15-29)25-32(27-45-41)28-12-3-1-4-13-28/h1-22,24-27,40H,23,43-44H2,(H,45,46)/b16-11-. The van der Waals surface area contributed by atoms with Gasteiger partial charge in [-0.2, -0.15) is 0 Å². The molecular weight excluding hydrogens is 576 g/mol. The Bertz CT molecular complexity index is 2190. The highest BCUT2D eigenvalue weighted by Crippen LogP contribution is 2.59. The number of fused-ring (bicyclic) bond motifs is 6. The number of aromatic nitrogens is 1. The molecule has 1 aliphatic heterocycles. The highest BCUT2D eigenvalue weighted by Gasteiger charge is 2.49. The molecule has 0 radical (unpaired) electrons. The molecule has 0 bridgehead atoms. The Morgan fingerprint density at radius 3 is 2.02 bits per heavy atom. The van der Waals surface area contributed by atoms with Gasteiger partial charge in [0.2, 0.25) is 0 Å². The Morgan fingerprint density at radius 1 is 0.702 bits per heavy atom. The third kappa shape index (κ3) is 4.84. The van der Waals surface area contributed by atoms with Crippen LogP contribution in [0.4, 0.5) is 0 Å². The Hall–Kier alpha value is -5.75. The smallest absolute Gasteiger partial charge is 0.135 e. The van der Waals surface area contributed by atoms with Crippen LogP contribution in [0.2, 0.25) is 0 Å². The van der Waals surface area contributed by atoms with E-state index in [-0.39, 0.29) is 0 Å². The van der Waals surface area contributed by atoms with Crippen molar-refractivity contribution < 1.29 is 4.74 Å². The van der Waals surface area contributed by atoms with E-state index in [4.69, 9.17) is 21.2 Å². The third-order valence-electron chi connectivity index (χ3n) is 9.18. The van der Waals surface area contributed by atoms with E-state index in [0.717, 1.165) is 72.6 Å². The second kappa shape index (κ2) is 11.9. The molecular formula is C42H34N4O. The lowest BCUT2D eigenvalue weighted by molar-refractivity contribution is 0.435. The minimum Gasteiger partial charge on any atom is -0.457 e. The molecule has 1 aromatic heterocycles. The number of pyridine rings is 1. The summed E-state index contributed by atoms with van der Waals surface area (Å²) in [7, 11) is 0. The van der Waals surface area contributed by atoms with Crippen LogP contribution in [0.3, 0.4) is 0 Å². The first-order valence-electron chi connectivity index (χ1n) is 15.9. The van der Waals surface area contributed by atoms with E-state index < -0.39 is 11.6 Å². The number of H-pyrrole nitrogens is 1. The summed E-state index contributed by atoms with van der Waals surface area (Å²) in [4.78, 5) is 8.58. The van der Waals surface area contributed by atoms with Crippen LogP contribution in [-0.4, -0.2) is 11.5 Å². The number of aromatic amines is 1. The zero-order chi connectivity index (χ0) is 31.8. The van der Waals surface area contributed by atoms with Crippen molar-refractivity contribution in [3.8, 4) is 33.8 Å². The Morgan fingerprint density at radius 2 is 1.34 bits per heavy atom. The number of hydrogen-bond donors (Lipinski definition) is 3. The maximum Gasteiger partial charge on any atom is 0.135 e. The van der Waals surface area contributed by atoms with Gasteiger partial charge in [-0.15, -0.1) is 0 Å². The molecule has 5 nitrogen and oxygen atoms in total. The highest BCUT2D eigenvalue weighted by atomic mass is 16.5. The van der Waals surface area contributed by atoms with Crippen molar-refractivity contribution in [1.29, 1.82) is 0 Å². The summed E-state index contributed by atoms with van der Waals surface area (Å²) < 4.78 is 6.46. The summed E-state index contributed by atoms with van der Waals surface area (Å²) >= 11 is 0. The van der Waals surface area contributed by atoms with Gasteiger partial charge in [-0.05, 0) is 63.2 Å². The van der Waals surface area contributed by atoms with Crippen molar-refractivity contribution in [2.75, 3.05) is 6.54 Å². The molecule has 0 saturated heterocycles. The van der Waals surface area contributed by atoms with Gasteiger partial charge in [0.15, 0.2) is 0 Å². The van der Waals surface area contributed by atoms with Crippen LogP contribution in [0, 0.1) is 0 Å². The molecule has 0 amide bonds. The summed E-state index contributed by atoms with van der Waals surface area (Å²) in [5.41, 5.74) is 23.9. The summed E-state index contributed by atoms with van der Waals surface area (Å²) in [5, 5.41) is 0. The van der Waals surface area contributed by atoms with Gasteiger partial charge in [0.05, 0.1) is 5.41 Å². The average Bonchev–Trinajstić information content (AvgIpc) is 3.45. The molecule has 2 heterocycles. The lowest BCUT2D eigenvalue weighted by Gasteiger charge is -2.40. The van der Waals surface area contributed by atoms with Crippen molar-refractivity contribution in [3.05, 3.63) is 191 Å². The zero-order valence-corrected chi connectivity index (χ0v) is 25.8. The number of benzene rings is 5. The molecule has 5 N–H and O–H groups in total. The summed E-state index contributed by atoms with van der Waals surface area (Å²) in [6.45, 7) is 0.446. The molecule has 0 saturated carbocycles. The Kier molecular flexibility index (Phi) is 7.25. The monoisotopic (exact) mass is 610 g/mol. The van der Waals surface area contributed by atoms with Crippen molar-refractivity contribution in [2.45, 2.75) is 11.6 Å². The van der Waals surface area contributed by atoms with E-state index in [1.54, 1.807) is 0 Å². The molecule has 1 aliphatic carbocycles. The summed E-state index contributed by atoms with van der Waals surface area (Å²) in [6, 6.07) is 45.9. The maximum absolute atomic E-state index is 6.98. The van der Waals surface area contributed by atoms with E-state index in [1.807, 2.05) is 72.9 Å². The predicted octanol–water partition coefficient (Wildman–Crippen LogP) is 8.26. The fourth-order valence-electron chi connectivity index (χ4n) is 7.05. The van der Waals surface area contributed by atoms with Crippen LogP contribution in [0.5, 0.6) is 11.5 Å². The molecule has 228 valence electrons. The number of nitrogens with one attached hydrogen (secondary N) is 1. The largest absolute Gasteiger partial charge is 0.457 e. The van der Waals surface area contributed by atoms with Gasteiger partial charge in [0.25, 0.3) is 0 Å².